The lowest BCUT2D eigenvalue weighted by Gasteiger charge is -2.31. The Balaban J connectivity index is 1.70. The lowest BCUT2D eigenvalue weighted by molar-refractivity contribution is -0.147. The van der Waals surface area contributed by atoms with Crippen molar-refractivity contribution in [3.63, 3.8) is 0 Å². The first kappa shape index (κ1) is 29.3. The smallest absolute Gasteiger partial charge is 0.433 e. The minimum atomic E-state index is -4.91. The first-order valence-corrected chi connectivity index (χ1v) is 13.5. The topological polar surface area (TPSA) is 105 Å². The predicted molar refractivity (Wildman–Crippen MR) is 137 cm³/mol. The summed E-state index contributed by atoms with van der Waals surface area (Å²) in [6.07, 6.45) is 0.998. The van der Waals surface area contributed by atoms with Gasteiger partial charge < -0.3 is 10.0 Å². The second kappa shape index (κ2) is 11.1. The van der Waals surface area contributed by atoms with Gasteiger partial charge in [0.15, 0.2) is 11.5 Å². The van der Waals surface area contributed by atoms with Crippen molar-refractivity contribution >= 4 is 40.9 Å². The molecule has 4 rings (SSSR count). The van der Waals surface area contributed by atoms with E-state index < -0.39 is 59.6 Å². The van der Waals surface area contributed by atoms with E-state index in [1.165, 1.54) is 17.3 Å². The Morgan fingerprint density at radius 1 is 1.08 bits per heavy atom. The van der Waals surface area contributed by atoms with Crippen LogP contribution in [-0.2, 0) is 11.0 Å². The van der Waals surface area contributed by atoms with Crippen LogP contribution >= 0.6 is 23.2 Å². The standard InChI is InChI=1S/C26H29Cl2F3N4O4/c1-25(2)8-7-16(9-25)34(13-20(36)21-18(27)11-32-12-19(21)28)23(37)17-10-33-35(22(17)26(29,30)31)15-5-3-14(4-6-15)24(38)39/h10-12,14-16H,3-9,13H2,1-2H3,(H,38,39)/t14-,15-,16-/m0/s1. The molecule has 1 atom stereocenters. The number of halogens is 5. The van der Waals surface area contributed by atoms with Gasteiger partial charge in [0.25, 0.3) is 5.91 Å². The van der Waals surface area contributed by atoms with Crippen LogP contribution in [0.25, 0.3) is 0 Å². The fraction of sp³-hybridized carbons (Fsp3) is 0.577. The number of carbonyl (C=O) groups excluding carboxylic acids is 2. The zero-order chi connectivity index (χ0) is 28.7. The van der Waals surface area contributed by atoms with Crippen molar-refractivity contribution < 1.29 is 32.7 Å². The molecule has 1 amide bonds. The Morgan fingerprint density at radius 3 is 2.21 bits per heavy atom. The van der Waals surface area contributed by atoms with E-state index in [-0.39, 0.29) is 46.7 Å². The number of carboxylic acid groups (broad SMARTS) is 1. The zero-order valence-corrected chi connectivity index (χ0v) is 23.0. The minimum absolute atomic E-state index is 0.0209. The zero-order valence-electron chi connectivity index (χ0n) is 21.5. The molecule has 1 N–H and O–H groups in total. The number of rotatable bonds is 7. The van der Waals surface area contributed by atoms with Crippen molar-refractivity contribution in [1.82, 2.24) is 19.7 Å². The highest BCUT2D eigenvalue weighted by molar-refractivity contribution is 6.39. The fourth-order valence-corrected chi connectivity index (χ4v) is 6.32. The second-order valence-electron chi connectivity index (χ2n) is 11.1. The van der Waals surface area contributed by atoms with Crippen LogP contribution in [0.3, 0.4) is 0 Å². The molecule has 0 saturated heterocycles. The summed E-state index contributed by atoms with van der Waals surface area (Å²) in [6.45, 7) is 3.48. The summed E-state index contributed by atoms with van der Waals surface area (Å²) in [6, 6.07) is -1.18. The summed E-state index contributed by atoms with van der Waals surface area (Å²) in [4.78, 5) is 43.4. The Hall–Kier alpha value is -2.66. The van der Waals surface area contributed by atoms with Gasteiger partial charge >= 0.3 is 12.1 Å². The molecular formula is C26H29Cl2F3N4O4. The van der Waals surface area contributed by atoms with Crippen molar-refractivity contribution in [2.45, 2.75) is 77.1 Å². The normalized spacial score (nSPS) is 23.0. The fourth-order valence-electron chi connectivity index (χ4n) is 5.74. The van der Waals surface area contributed by atoms with E-state index in [9.17, 15) is 32.7 Å². The third-order valence-electron chi connectivity index (χ3n) is 7.78. The molecule has 2 heterocycles. The molecule has 2 fully saturated rings. The van der Waals surface area contributed by atoms with E-state index in [2.05, 4.69) is 10.1 Å². The number of aliphatic carboxylic acids is 1. The molecule has 8 nitrogen and oxygen atoms in total. The number of hydrogen-bond donors (Lipinski definition) is 1. The molecule has 2 aliphatic rings. The van der Waals surface area contributed by atoms with Gasteiger partial charge in [0, 0.05) is 18.4 Å². The third kappa shape index (κ3) is 6.24. The Bertz CT molecular complexity index is 1250. The van der Waals surface area contributed by atoms with Crippen LogP contribution < -0.4 is 0 Å². The molecule has 2 aromatic rings. The van der Waals surface area contributed by atoms with Crippen LogP contribution in [0.4, 0.5) is 13.2 Å². The summed E-state index contributed by atoms with van der Waals surface area (Å²) in [5.41, 5.74) is -2.06. The maximum Gasteiger partial charge on any atom is 0.433 e. The SMILES string of the molecule is CC1(C)CC[C@H](N(CC(=O)c2c(Cl)cncc2Cl)C(=O)c2cnn([C@H]3CC[C@H](C(=O)O)CC3)c2C(F)(F)F)C1. The van der Waals surface area contributed by atoms with E-state index in [4.69, 9.17) is 23.2 Å². The van der Waals surface area contributed by atoms with E-state index >= 15 is 0 Å². The molecule has 0 bridgehead atoms. The number of carbonyl (C=O) groups is 3. The van der Waals surface area contributed by atoms with Gasteiger partial charge in [-0.05, 0) is 50.4 Å². The number of pyridine rings is 1. The predicted octanol–water partition coefficient (Wildman–Crippen LogP) is 6.32. The number of alkyl halides is 3. The number of ketones is 1. The number of nitrogens with zero attached hydrogens (tertiary/aromatic N) is 4. The lowest BCUT2D eigenvalue weighted by atomic mass is 9.86. The van der Waals surface area contributed by atoms with E-state index in [1.807, 2.05) is 13.8 Å². The summed E-state index contributed by atoms with van der Waals surface area (Å²) >= 11 is 12.3. The molecule has 2 saturated carbocycles. The van der Waals surface area contributed by atoms with Crippen LogP contribution in [0.1, 0.15) is 91.2 Å². The van der Waals surface area contributed by atoms with Gasteiger partial charge in [-0.3, -0.25) is 24.0 Å². The van der Waals surface area contributed by atoms with Gasteiger partial charge in [-0.15, -0.1) is 0 Å². The van der Waals surface area contributed by atoms with Gasteiger partial charge in [0.2, 0.25) is 0 Å². The molecule has 13 heteroatoms. The van der Waals surface area contributed by atoms with Crippen molar-refractivity contribution in [2.24, 2.45) is 11.3 Å². The molecule has 0 radical (unpaired) electrons. The van der Waals surface area contributed by atoms with Crippen LogP contribution in [0.5, 0.6) is 0 Å². The molecule has 212 valence electrons. The molecule has 0 aliphatic heterocycles. The number of aromatic nitrogens is 3. The second-order valence-corrected chi connectivity index (χ2v) is 11.9. The third-order valence-corrected chi connectivity index (χ3v) is 8.35. The molecule has 0 unspecified atom stereocenters. The van der Waals surface area contributed by atoms with E-state index in [0.29, 0.717) is 12.8 Å². The first-order valence-electron chi connectivity index (χ1n) is 12.7. The van der Waals surface area contributed by atoms with Gasteiger partial charge in [-0.1, -0.05) is 37.0 Å². The van der Waals surface area contributed by atoms with Crippen molar-refractivity contribution in [3.05, 3.63) is 45.5 Å². The van der Waals surface area contributed by atoms with E-state index in [0.717, 1.165) is 17.3 Å². The van der Waals surface area contributed by atoms with E-state index in [1.54, 1.807) is 0 Å². The summed E-state index contributed by atoms with van der Waals surface area (Å²) < 4.78 is 44.1. The average Bonchev–Trinajstić information content (AvgIpc) is 3.45. The van der Waals surface area contributed by atoms with Crippen molar-refractivity contribution in [2.75, 3.05) is 6.54 Å². The van der Waals surface area contributed by atoms with Crippen LogP contribution in [0.2, 0.25) is 10.0 Å². The number of hydrogen-bond acceptors (Lipinski definition) is 5. The summed E-state index contributed by atoms with van der Waals surface area (Å²) in [7, 11) is 0. The van der Waals surface area contributed by atoms with Crippen LogP contribution in [0, 0.1) is 11.3 Å². The molecule has 2 aliphatic carbocycles. The molecular weight excluding hydrogens is 560 g/mol. The summed E-state index contributed by atoms with van der Waals surface area (Å²) in [5, 5.41) is 13.2. The Labute approximate surface area is 233 Å². The number of carboxylic acids is 1. The largest absolute Gasteiger partial charge is 0.481 e. The maximum absolute atomic E-state index is 14.4. The highest BCUT2D eigenvalue weighted by Gasteiger charge is 2.45. The average molecular weight is 589 g/mol. The van der Waals surface area contributed by atoms with Crippen molar-refractivity contribution in [1.29, 1.82) is 0 Å². The maximum atomic E-state index is 14.4. The highest BCUT2D eigenvalue weighted by atomic mass is 35.5. The highest BCUT2D eigenvalue weighted by Crippen LogP contribution is 2.42. The van der Waals surface area contributed by atoms with Crippen LogP contribution in [-0.4, -0.2) is 55.0 Å². The monoisotopic (exact) mass is 588 g/mol. The Kier molecular flexibility index (Phi) is 8.33. The number of Topliss-reactive ketones (excluding diaryl/α,β-unsaturated/α-hetero) is 1. The number of amides is 1. The molecule has 39 heavy (non-hydrogen) atoms. The minimum Gasteiger partial charge on any atom is -0.481 e. The van der Waals surface area contributed by atoms with Gasteiger partial charge in [-0.2, -0.15) is 18.3 Å². The molecule has 0 aromatic carbocycles. The molecule has 0 spiro atoms. The van der Waals surface area contributed by atoms with Crippen molar-refractivity contribution in [3.8, 4) is 0 Å². The molecule has 2 aromatic heterocycles. The van der Waals surface area contributed by atoms with Crippen LogP contribution in [0.15, 0.2) is 18.6 Å². The quantitative estimate of drug-likeness (QED) is 0.379. The summed E-state index contributed by atoms with van der Waals surface area (Å²) in [5.74, 6) is -3.16. The first-order chi connectivity index (χ1) is 18.2. The van der Waals surface area contributed by atoms with Gasteiger partial charge in [-0.25, -0.2) is 0 Å². The van der Waals surface area contributed by atoms with Gasteiger partial charge in [0.1, 0.15) is 0 Å². The lowest BCUT2D eigenvalue weighted by Crippen LogP contribution is -2.43. The Morgan fingerprint density at radius 2 is 1.69 bits per heavy atom. The van der Waals surface area contributed by atoms with Gasteiger partial charge in [0.05, 0.1) is 45.9 Å².